The number of aryl methyl sites for hydroxylation is 1. The summed E-state index contributed by atoms with van der Waals surface area (Å²) >= 11 is 3.31. The number of nitrogens with zero attached hydrogens (tertiary/aromatic N) is 1. The Bertz CT molecular complexity index is 1090. The third kappa shape index (κ3) is 3.38. The Morgan fingerprint density at radius 3 is 2.21 bits per heavy atom. The largest absolute Gasteiger partial charge is 0.465 e. The number of aromatic nitrogens is 1. The number of ketones is 1. The number of ether oxygens (including phenoxy) is 1. The second kappa shape index (κ2) is 7.67. The monoisotopic (exact) mass is 447 g/mol. The quantitative estimate of drug-likeness (QED) is 0.414. The van der Waals surface area contributed by atoms with E-state index in [1.165, 1.54) is 24.8 Å². The van der Waals surface area contributed by atoms with Gasteiger partial charge in [0, 0.05) is 34.4 Å². The van der Waals surface area contributed by atoms with Crippen molar-refractivity contribution in [1.82, 2.24) is 4.57 Å². The molecule has 0 aliphatic heterocycles. The van der Waals surface area contributed by atoms with Crippen molar-refractivity contribution >= 4 is 27.7 Å². The van der Waals surface area contributed by atoms with Crippen LogP contribution >= 0.6 is 15.9 Å². The number of carbonyl (C=O) groups excluding carboxylic acids is 2. The summed E-state index contributed by atoms with van der Waals surface area (Å²) in [5.74, 6) is -2.55. The van der Waals surface area contributed by atoms with Gasteiger partial charge in [-0.15, -0.1) is 0 Å². The molecule has 28 heavy (non-hydrogen) atoms. The molecule has 0 saturated heterocycles. The number of rotatable bonds is 4. The van der Waals surface area contributed by atoms with Crippen molar-refractivity contribution < 1.29 is 23.1 Å². The molecule has 0 atom stereocenters. The lowest BCUT2D eigenvalue weighted by Gasteiger charge is -2.13. The number of halogens is 3. The Balaban J connectivity index is 2.35. The molecule has 0 aliphatic rings. The average molecular weight is 448 g/mol. The molecule has 0 aliphatic carbocycles. The van der Waals surface area contributed by atoms with Crippen LogP contribution in [0.5, 0.6) is 0 Å². The Labute approximate surface area is 168 Å². The van der Waals surface area contributed by atoms with Gasteiger partial charge in [-0.05, 0) is 48.9 Å². The van der Waals surface area contributed by atoms with E-state index < -0.39 is 23.4 Å². The van der Waals surface area contributed by atoms with E-state index in [1.54, 1.807) is 31.3 Å². The lowest BCUT2D eigenvalue weighted by molar-refractivity contribution is 0.0601. The van der Waals surface area contributed by atoms with Crippen molar-refractivity contribution in [3.8, 4) is 11.1 Å². The molecular formula is C21H16BrF2NO3. The van der Waals surface area contributed by atoms with Gasteiger partial charge in [-0.3, -0.25) is 4.79 Å². The van der Waals surface area contributed by atoms with E-state index in [9.17, 15) is 18.4 Å². The highest BCUT2D eigenvalue weighted by molar-refractivity contribution is 9.10. The summed E-state index contributed by atoms with van der Waals surface area (Å²) in [6, 6.07) is 8.59. The van der Waals surface area contributed by atoms with Crippen molar-refractivity contribution in [2.24, 2.45) is 7.05 Å². The Kier molecular flexibility index (Phi) is 5.47. The van der Waals surface area contributed by atoms with Crippen LogP contribution in [0, 0.1) is 18.6 Å². The number of esters is 1. The molecule has 2 aromatic carbocycles. The van der Waals surface area contributed by atoms with Crippen LogP contribution in [0.15, 0.2) is 47.1 Å². The maximum atomic E-state index is 14.7. The topological polar surface area (TPSA) is 48.3 Å². The molecular weight excluding hydrogens is 432 g/mol. The van der Waals surface area contributed by atoms with Gasteiger partial charge in [0.05, 0.1) is 18.4 Å². The summed E-state index contributed by atoms with van der Waals surface area (Å²) in [5, 5.41) is 0. The van der Waals surface area contributed by atoms with E-state index in [0.29, 0.717) is 5.56 Å². The molecule has 3 rings (SSSR count). The first-order valence-corrected chi connectivity index (χ1v) is 9.08. The highest BCUT2D eigenvalue weighted by Gasteiger charge is 2.29. The van der Waals surface area contributed by atoms with E-state index in [2.05, 4.69) is 15.9 Å². The van der Waals surface area contributed by atoms with Crippen molar-refractivity contribution in [3.05, 3.63) is 81.1 Å². The molecule has 4 nitrogen and oxygen atoms in total. The lowest BCUT2D eigenvalue weighted by Crippen LogP contribution is -2.10. The van der Waals surface area contributed by atoms with Crippen LogP contribution in [-0.4, -0.2) is 23.4 Å². The van der Waals surface area contributed by atoms with Gasteiger partial charge in [0.25, 0.3) is 0 Å². The fourth-order valence-corrected chi connectivity index (χ4v) is 3.38. The van der Waals surface area contributed by atoms with E-state index in [1.807, 2.05) is 0 Å². The zero-order valence-electron chi connectivity index (χ0n) is 15.3. The van der Waals surface area contributed by atoms with Gasteiger partial charge in [-0.1, -0.05) is 15.9 Å². The molecule has 0 fully saturated rings. The molecule has 0 unspecified atom stereocenters. The molecule has 0 N–H and O–H groups in total. The SMILES string of the molecule is COC(=O)c1cn(C)c(C(=O)c2ccc(Br)cc2)c1-c1c(F)ccc(F)c1C. The number of methoxy groups -OCH3 is 1. The van der Waals surface area contributed by atoms with Crippen molar-refractivity contribution in [2.75, 3.05) is 7.11 Å². The Morgan fingerprint density at radius 1 is 1.00 bits per heavy atom. The minimum atomic E-state index is -0.747. The predicted octanol–water partition coefficient (Wildman–Crippen LogP) is 5.06. The van der Waals surface area contributed by atoms with Crippen LogP contribution in [0.1, 0.15) is 32.0 Å². The first-order valence-electron chi connectivity index (χ1n) is 8.29. The highest BCUT2D eigenvalue weighted by atomic mass is 79.9. The van der Waals surface area contributed by atoms with Crippen LogP contribution in [0.3, 0.4) is 0 Å². The Morgan fingerprint density at radius 2 is 1.61 bits per heavy atom. The molecule has 7 heteroatoms. The van der Waals surface area contributed by atoms with Gasteiger partial charge in [-0.2, -0.15) is 0 Å². The summed E-state index contributed by atoms with van der Waals surface area (Å²) in [6.07, 6.45) is 1.39. The van der Waals surface area contributed by atoms with Crippen molar-refractivity contribution in [3.63, 3.8) is 0 Å². The second-order valence-electron chi connectivity index (χ2n) is 6.23. The molecule has 1 aromatic heterocycles. The van der Waals surface area contributed by atoms with Gasteiger partial charge in [0.15, 0.2) is 0 Å². The minimum Gasteiger partial charge on any atom is -0.465 e. The number of hydrogen-bond acceptors (Lipinski definition) is 3. The number of hydrogen-bond donors (Lipinski definition) is 0. The second-order valence-corrected chi connectivity index (χ2v) is 7.15. The van der Waals surface area contributed by atoms with Crippen LogP contribution in [0.4, 0.5) is 8.78 Å². The third-order valence-corrected chi connectivity index (χ3v) is 5.04. The first-order chi connectivity index (χ1) is 13.3. The zero-order valence-corrected chi connectivity index (χ0v) is 16.9. The van der Waals surface area contributed by atoms with Crippen molar-refractivity contribution in [2.45, 2.75) is 6.92 Å². The molecule has 0 saturated carbocycles. The number of benzene rings is 2. The molecule has 0 spiro atoms. The summed E-state index contributed by atoms with van der Waals surface area (Å²) in [6.45, 7) is 1.40. The van der Waals surface area contributed by atoms with E-state index in [0.717, 1.165) is 16.6 Å². The van der Waals surface area contributed by atoms with E-state index >= 15 is 0 Å². The van der Waals surface area contributed by atoms with Gasteiger partial charge in [-0.25, -0.2) is 13.6 Å². The standard InChI is InChI=1S/C21H16BrF2NO3/c1-11-15(23)8-9-16(24)17(11)18-14(21(27)28-3)10-25(2)19(18)20(26)12-4-6-13(22)7-5-12/h4-10H,1-3H3. The van der Waals surface area contributed by atoms with Crippen LogP contribution < -0.4 is 0 Å². The molecule has 1 heterocycles. The van der Waals surface area contributed by atoms with Crippen LogP contribution in [-0.2, 0) is 11.8 Å². The van der Waals surface area contributed by atoms with E-state index in [4.69, 9.17) is 4.74 Å². The van der Waals surface area contributed by atoms with Gasteiger partial charge in [0.1, 0.15) is 11.6 Å². The highest BCUT2D eigenvalue weighted by Crippen LogP contribution is 2.36. The zero-order chi connectivity index (χ0) is 20.6. The van der Waals surface area contributed by atoms with Crippen LogP contribution in [0.25, 0.3) is 11.1 Å². The molecule has 0 bridgehead atoms. The minimum absolute atomic E-state index is 0.00112. The normalized spacial score (nSPS) is 10.8. The summed E-state index contributed by atoms with van der Waals surface area (Å²) in [4.78, 5) is 25.5. The van der Waals surface area contributed by atoms with Crippen LogP contribution in [0.2, 0.25) is 0 Å². The number of carbonyl (C=O) groups is 2. The average Bonchev–Trinajstić information content (AvgIpc) is 3.01. The maximum absolute atomic E-state index is 14.7. The fourth-order valence-electron chi connectivity index (χ4n) is 3.12. The summed E-state index contributed by atoms with van der Waals surface area (Å²) in [5.41, 5.74) is 0.268. The summed E-state index contributed by atoms with van der Waals surface area (Å²) in [7, 11) is 2.75. The molecule has 0 amide bonds. The first kappa shape index (κ1) is 19.9. The fraction of sp³-hybridized carbons (Fsp3) is 0.143. The van der Waals surface area contributed by atoms with Crippen molar-refractivity contribution in [1.29, 1.82) is 0 Å². The molecule has 144 valence electrons. The van der Waals surface area contributed by atoms with Gasteiger partial charge in [0.2, 0.25) is 5.78 Å². The Hall–Kier alpha value is -2.80. The maximum Gasteiger partial charge on any atom is 0.340 e. The molecule has 0 radical (unpaired) electrons. The summed E-state index contributed by atoms with van der Waals surface area (Å²) < 4.78 is 35.9. The predicted molar refractivity (Wildman–Crippen MR) is 104 cm³/mol. The smallest absolute Gasteiger partial charge is 0.340 e. The third-order valence-electron chi connectivity index (χ3n) is 4.51. The van der Waals surface area contributed by atoms with Gasteiger partial charge >= 0.3 is 5.97 Å². The van der Waals surface area contributed by atoms with Gasteiger partial charge < -0.3 is 9.30 Å². The van der Waals surface area contributed by atoms with E-state index in [-0.39, 0.29) is 27.9 Å². The lowest BCUT2D eigenvalue weighted by atomic mass is 9.93. The molecule has 3 aromatic rings.